The number of para-hydroxylation sites is 2. The van der Waals surface area contributed by atoms with Crippen LogP contribution in [0.5, 0.6) is 0 Å². The normalized spacial score (nSPS) is 14.4. The maximum Gasteiger partial charge on any atom is 0.340 e. The Kier molecular flexibility index (Phi) is 8.84. The van der Waals surface area contributed by atoms with Crippen LogP contribution in [0.1, 0.15) is 23.7 Å². The van der Waals surface area contributed by atoms with E-state index in [9.17, 15) is 9.59 Å². The number of carbonyl (C=O) groups is 2. The number of benzene rings is 2. The largest absolute Gasteiger partial charge is 0.462 e. The number of hydrogen-bond donors (Lipinski definition) is 2. The van der Waals surface area contributed by atoms with E-state index < -0.39 is 0 Å². The molecular formula is C23H27ClN4O3S. The molecule has 0 aromatic heterocycles. The molecule has 170 valence electrons. The highest BCUT2D eigenvalue weighted by molar-refractivity contribution is 7.80. The number of nitrogens with zero attached hydrogens (tertiary/aromatic N) is 2. The number of amides is 1. The van der Waals surface area contributed by atoms with Crippen molar-refractivity contribution in [2.45, 2.75) is 13.3 Å². The Hall–Kier alpha value is -2.68. The van der Waals surface area contributed by atoms with Gasteiger partial charge in [-0.2, -0.15) is 0 Å². The molecule has 0 atom stereocenters. The first kappa shape index (κ1) is 24.0. The summed E-state index contributed by atoms with van der Waals surface area (Å²) < 4.78 is 5.13. The Morgan fingerprint density at radius 3 is 2.47 bits per heavy atom. The minimum absolute atomic E-state index is 0.101. The summed E-state index contributed by atoms with van der Waals surface area (Å²) in [6.07, 6.45) is 0.862. The van der Waals surface area contributed by atoms with Crippen LogP contribution in [0.2, 0.25) is 5.02 Å². The molecule has 0 bridgehead atoms. The van der Waals surface area contributed by atoms with Crippen molar-refractivity contribution in [3.63, 3.8) is 0 Å². The molecule has 2 aromatic carbocycles. The fraction of sp³-hybridized carbons (Fsp3) is 0.348. The number of halogens is 1. The second-order valence-corrected chi connectivity index (χ2v) is 8.13. The van der Waals surface area contributed by atoms with Crippen LogP contribution < -0.4 is 10.6 Å². The Morgan fingerprint density at radius 1 is 1.00 bits per heavy atom. The van der Waals surface area contributed by atoms with E-state index >= 15 is 0 Å². The van der Waals surface area contributed by atoms with Crippen LogP contribution in [0, 0.1) is 0 Å². The topological polar surface area (TPSA) is 73.9 Å². The summed E-state index contributed by atoms with van der Waals surface area (Å²) in [4.78, 5) is 28.8. The van der Waals surface area contributed by atoms with Gasteiger partial charge in [0, 0.05) is 26.2 Å². The molecule has 0 radical (unpaired) electrons. The fourth-order valence-electron chi connectivity index (χ4n) is 3.46. The fourth-order valence-corrected chi connectivity index (χ4v) is 3.94. The molecule has 1 aliphatic rings. The van der Waals surface area contributed by atoms with E-state index in [-0.39, 0.29) is 18.4 Å². The van der Waals surface area contributed by atoms with Gasteiger partial charge in [-0.25, -0.2) is 4.79 Å². The molecule has 1 fully saturated rings. The molecule has 2 aromatic rings. The molecule has 0 saturated carbocycles. The van der Waals surface area contributed by atoms with Crippen LogP contribution in [0.15, 0.2) is 48.5 Å². The molecule has 0 aliphatic carbocycles. The Labute approximate surface area is 198 Å². The number of hydrogen-bond acceptors (Lipinski definition) is 5. The first-order chi connectivity index (χ1) is 15.5. The summed E-state index contributed by atoms with van der Waals surface area (Å²) in [5.74, 6) is -0.486. The van der Waals surface area contributed by atoms with Crippen molar-refractivity contribution in [3.05, 3.63) is 59.1 Å². The van der Waals surface area contributed by atoms with Crippen LogP contribution in [-0.4, -0.2) is 66.1 Å². The van der Waals surface area contributed by atoms with Gasteiger partial charge in [-0.3, -0.25) is 9.69 Å². The van der Waals surface area contributed by atoms with Gasteiger partial charge in [0.15, 0.2) is 5.11 Å². The van der Waals surface area contributed by atoms with E-state index in [1.165, 1.54) is 0 Å². The van der Waals surface area contributed by atoms with Gasteiger partial charge < -0.3 is 20.3 Å². The van der Waals surface area contributed by atoms with Crippen LogP contribution in [0.25, 0.3) is 0 Å². The molecule has 1 heterocycles. The van der Waals surface area contributed by atoms with Gasteiger partial charge in [-0.1, -0.05) is 35.9 Å². The number of carbonyl (C=O) groups excluding carboxylic acids is 2. The Bertz CT molecular complexity index is 972. The number of esters is 1. The third-order valence-electron chi connectivity index (χ3n) is 5.05. The average molecular weight is 475 g/mol. The molecule has 1 aliphatic heterocycles. The maximum atomic E-state index is 12.4. The van der Waals surface area contributed by atoms with Crippen molar-refractivity contribution in [2.24, 2.45) is 0 Å². The SMILES string of the molecule is CCOC(=O)c1ccccc1NC(=S)N1CCCN(CC(=O)Nc2ccccc2Cl)CC1. The van der Waals surface area contributed by atoms with Crippen LogP contribution in [-0.2, 0) is 9.53 Å². The highest BCUT2D eigenvalue weighted by Gasteiger charge is 2.20. The summed E-state index contributed by atoms with van der Waals surface area (Å²) in [7, 11) is 0. The number of ether oxygens (including phenoxy) is 1. The monoisotopic (exact) mass is 474 g/mol. The predicted molar refractivity (Wildman–Crippen MR) is 131 cm³/mol. The van der Waals surface area contributed by atoms with Gasteiger partial charge in [-0.15, -0.1) is 0 Å². The van der Waals surface area contributed by atoms with Crippen molar-refractivity contribution in [3.8, 4) is 0 Å². The standard InChI is InChI=1S/C23H27ClN4O3S/c1-2-31-22(30)17-8-3-5-10-19(17)26-23(32)28-13-7-12-27(14-15-28)16-21(29)25-20-11-6-4-9-18(20)24/h3-6,8-11H,2,7,12-16H2,1H3,(H,25,29)(H,26,32). The van der Waals surface area contributed by atoms with Gasteiger partial charge >= 0.3 is 5.97 Å². The molecular weight excluding hydrogens is 448 g/mol. The molecule has 2 N–H and O–H groups in total. The Balaban J connectivity index is 1.54. The van der Waals surface area contributed by atoms with Crippen LogP contribution >= 0.6 is 23.8 Å². The van der Waals surface area contributed by atoms with E-state index in [1.807, 2.05) is 24.3 Å². The third-order valence-corrected chi connectivity index (χ3v) is 5.74. The zero-order valence-corrected chi connectivity index (χ0v) is 19.5. The third kappa shape index (κ3) is 6.66. The molecule has 3 rings (SSSR count). The lowest BCUT2D eigenvalue weighted by Gasteiger charge is -2.25. The quantitative estimate of drug-likeness (QED) is 0.486. The van der Waals surface area contributed by atoms with Gasteiger partial charge in [0.25, 0.3) is 0 Å². The predicted octanol–water partition coefficient (Wildman–Crippen LogP) is 3.86. The molecule has 1 saturated heterocycles. The first-order valence-electron chi connectivity index (χ1n) is 10.6. The summed E-state index contributed by atoms with van der Waals surface area (Å²) in [5, 5.41) is 7.11. The zero-order valence-electron chi connectivity index (χ0n) is 18.0. The maximum absolute atomic E-state index is 12.4. The van der Waals surface area contributed by atoms with E-state index in [2.05, 4.69) is 20.4 Å². The van der Waals surface area contributed by atoms with Crippen LogP contribution in [0.4, 0.5) is 11.4 Å². The zero-order chi connectivity index (χ0) is 22.9. The van der Waals surface area contributed by atoms with Crippen LogP contribution in [0.3, 0.4) is 0 Å². The summed E-state index contributed by atoms with van der Waals surface area (Å²) in [5.41, 5.74) is 1.68. The lowest BCUT2D eigenvalue weighted by atomic mass is 10.2. The number of anilines is 2. The van der Waals surface area contributed by atoms with Crippen molar-refractivity contribution < 1.29 is 14.3 Å². The number of thiocarbonyl (C=S) groups is 1. The smallest absolute Gasteiger partial charge is 0.340 e. The summed E-state index contributed by atoms with van der Waals surface area (Å²) >= 11 is 11.7. The minimum Gasteiger partial charge on any atom is -0.462 e. The van der Waals surface area contributed by atoms with Crippen molar-refractivity contribution in [2.75, 3.05) is 50.0 Å². The molecule has 32 heavy (non-hydrogen) atoms. The molecule has 7 nitrogen and oxygen atoms in total. The Morgan fingerprint density at radius 2 is 1.72 bits per heavy atom. The summed E-state index contributed by atoms with van der Waals surface area (Å²) in [6, 6.07) is 14.3. The second kappa shape index (κ2) is 11.8. The van der Waals surface area contributed by atoms with Crippen molar-refractivity contribution in [1.82, 2.24) is 9.80 Å². The first-order valence-corrected chi connectivity index (χ1v) is 11.4. The number of nitrogens with one attached hydrogen (secondary N) is 2. The highest BCUT2D eigenvalue weighted by atomic mass is 35.5. The average Bonchev–Trinajstić information content (AvgIpc) is 3.01. The number of rotatable bonds is 6. The summed E-state index contributed by atoms with van der Waals surface area (Å²) in [6.45, 7) is 5.28. The van der Waals surface area contributed by atoms with Gasteiger partial charge in [-0.05, 0) is 49.8 Å². The molecule has 0 spiro atoms. The van der Waals surface area contributed by atoms with E-state index in [1.54, 1.807) is 31.2 Å². The molecule has 1 amide bonds. The molecule has 0 unspecified atom stereocenters. The van der Waals surface area contributed by atoms with Gasteiger partial charge in [0.1, 0.15) is 0 Å². The minimum atomic E-state index is -0.384. The van der Waals surface area contributed by atoms with E-state index in [4.69, 9.17) is 28.6 Å². The van der Waals surface area contributed by atoms with E-state index in [0.717, 1.165) is 19.5 Å². The highest BCUT2D eigenvalue weighted by Crippen LogP contribution is 2.20. The lowest BCUT2D eigenvalue weighted by molar-refractivity contribution is -0.117. The second-order valence-electron chi connectivity index (χ2n) is 7.34. The molecule has 9 heteroatoms. The van der Waals surface area contributed by atoms with Gasteiger partial charge in [0.05, 0.1) is 35.1 Å². The van der Waals surface area contributed by atoms with Crippen molar-refractivity contribution >= 4 is 52.2 Å². The van der Waals surface area contributed by atoms with E-state index in [0.29, 0.717) is 46.8 Å². The van der Waals surface area contributed by atoms with Crippen molar-refractivity contribution in [1.29, 1.82) is 0 Å². The lowest BCUT2D eigenvalue weighted by Crippen LogP contribution is -2.39. The van der Waals surface area contributed by atoms with Gasteiger partial charge in [0.2, 0.25) is 5.91 Å².